The lowest BCUT2D eigenvalue weighted by Gasteiger charge is -1.81. The number of hydrogen-bond donors (Lipinski definition) is 1. The van der Waals surface area contributed by atoms with Gasteiger partial charge in [-0.1, -0.05) is 13.3 Å². The van der Waals surface area contributed by atoms with Crippen LogP contribution in [0.4, 0.5) is 0 Å². The maximum atomic E-state index is 5.02. The van der Waals surface area contributed by atoms with E-state index in [9.17, 15) is 0 Å². The quantitative estimate of drug-likeness (QED) is 0.427. The fourth-order valence-electron chi connectivity index (χ4n) is 0.629. The Morgan fingerprint density at radius 1 is 1.71 bits per heavy atom. The summed E-state index contributed by atoms with van der Waals surface area (Å²) in [5.74, 6) is 0. The molecule has 1 saturated heterocycles. The van der Waals surface area contributed by atoms with Gasteiger partial charge in [0.2, 0.25) is 0 Å². The number of ether oxygens (including phenoxy) is 1. The molecule has 1 fully saturated rings. The molecule has 0 N–H and O–H groups in total. The molecule has 0 aromatic heterocycles. The molecule has 0 bridgehead atoms. The molecular formula is C5H10OS. The zero-order valence-corrected chi connectivity index (χ0v) is 5.32. The van der Waals surface area contributed by atoms with Crippen LogP contribution in [-0.2, 0) is 4.74 Å². The minimum absolute atomic E-state index is 0.264. The first kappa shape index (κ1) is 5.45. The van der Waals surface area contributed by atoms with E-state index in [4.69, 9.17) is 4.74 Å². The van der Waals surface area contributed by atoms with Gasteiger partial charge in [-0.15, -0.1) is 12.6 Å². The Hall–Kier alpha value is 0.310. The van der Waals surface area contributed by atoms with E-state index in [1.165, 1.54) is 12.8 Å². The lowest BCUT2D eigenvalue weighted by atomic mass is 10.3. The highest BCUT2D eigenvalue weighted by Crippen LogP contribution is 2.28. The molecule has 2 unspecified atom stereocenters. The van der Waals surface area contributed by atoms with Crippen LogP contribution in [0.2, 0.25) is 0 Å². The molecule has 0 saturated carbocycles. The first-order valence-corrected chi connectivity index (χ1v) is 3.19. The standard InChI is InChI=1S/C5H10OS/c1-2-3-4-5(7)6-4/h4-5,7H,2-3H2,1H3. The monoisotopic (exact) mass is 118 g/mol. The summed E-state index contributed by atoms with van der Waals surface area (Å²) in [6.07, 6.45) is 2.86. The highest BCUT2D eigenvalue weighted by molar-refractivity contribution is 7.81. The third-order valence-corrected chi connectivity index (χ3v) is 1.58. The van der Waals surface area contributed by atoms with E-state index >= 15 is 0 Å². The predicted molar refractivity (Wildman–Crippen MR) is 32.6 cm³/mol. The van der Waals surface area contributed by atoms with Crippen LogP contribution >= 0.6 is 12.6 Å². The van der Waals surface area contributed by atoms with Gasteiger partial charge >= 0.3 is 0 Å². The molecule has 0 radical (unpaired) electrons. The summed E-state index contributed by atoms with van der Waals surface area (Å²) in [5, 5.41) is 0. The molecule has 1 aliphatic heterocycles. The number of rotatable bonds is 2. The molecule has 0 aromatic rings. The van der Waals surface area contributed by atoms with Crippen molar-refractivity contribution in [2.75, 3.05) is 0 Å². The van der Waals surface area contributed by atoms with E-state index < -0.39 is 0 Å². The van der Waals surface area contributed by atoms with Crippen molar-refractivity contribution in [1.29, 1.82) is 0 Å². The van der Waals surface area contributed by atoms with Crippen molar-refractivity contribution in [2.45, 2.75) is 31.3 Å². The van der Waals surface area contributed by atoms with Gasteiger partial charge in [-0.25, -0.2) is 0 Å². The van der Waals surface area contributed by atoms with Crippen LogP contribution in [0.3, 0.4) is 0 Å². The van der Waals surface area contributed by atoms with Crippen molar-refractivity contribution in [3.63, 3.8) is 0 Å². The van der Waals surface area contributed by atoms with Crippen LogP contribution in [0.25, 0.3) is 0 Å². The smallest absolute Gasteiger partial charge is 0.127 e. The average Bonchev–Trinajstić information content (AvgIpc) is 2.22. The number of epoxide rings is 1. The lowest BCUT2D eigenvalue weighted by Crippen LogP contribution is -1.83. The van der Waals surface area contributed by atoms with E-state index in [1.807, 2.05) is 0 Å². The topological polar surface area (TPSA) is 12.5 Å². The average molecular weight is 118 g/mol. The van der Waals surface area contributed by atoms with Crippen LogP contribution in [0.1, 0.15) is 19.8 Å². The molecule has 0 aliphatic carbocycles. The van der Waals surface area contributed by atoms with Crippen LogP contribution < -0.4 is 0 Å². The van der Waals surface area contributed by atoms with Gasteiger partial charge in [0, 0.05) is 0 Å². The predicted octanol–water partition coefficient (Wildman–Crippen LogP) is 1.44. The van der Waals surface area contributed by atoms with E-state index in [0.29, 0.717) is 6.10 Å². The van der Waals surface area contributed by atoms with E-state index in [2.05, 4.69) is 19.6 Å². The number of thiol groups is 1. The van der Waals surface area contributed by atoms with Gasteiger partial charge in [0.05, 0.1) is 6.10 Å². The largest absolute Gasteiger partial charge is 0.358 e. The highest BCUT2D eigenvalue weighted by atomic mass is 32.1. The summed E-state index contributed by atoms with van der Waals surface area (Å²) in [6, 6.07) is 0. The van der Waals surface area contributed by atoms with Gasteiger partial charge in [0.25, 0.3) is 0 Å². The van der Waals surface area contributed by atoms with Crippen molar-refractivity contribution < 1.29 is 4.74 Å². The molecule has 0 amide bonds. The van der Waals surface area contributed by atoms with Crippen molar-refractivity contribution in [3.8, 4) is 0 Å². The van der Waals surface area contributed by atoms with Crippen LogP contribution in [0.5, 0.6) is 0 Å². The van der Waals surface area contributed by atoms with E-state index in [-0.39, 0.29) is 5.44 Å². The van der Waals surface area contributed by atoms with Crippen molar-refractivity contribution >= 4 is 12.6 Å². The van der Waals surface area contributed by atoms with Gasteiger partial charge in [-0.3, -0.25) is 0 Å². The Morgan fingerprint density at radius 2 is 2.29 bits per heavy atom. The van der Waals surface area contributed by atoms with Crippen LogP contribution in [-0.4, -0.2) is 11.5 Å². The zero-order chi connectivity index (χ0) is 5.28. The Morgan fingerprint density at radius 3 is 2.43 bits per heavy atom. The van der Waals surface area contributed by atoms with Gasteiger partial charge < -0.3 is 4.74 Å². The molecule has 1 nitrogen and oxygen atoms in total. The summed E-state index contributed by atoms with van der Waals surface area (Å²) in [6.45, 7) is 2.15. The SMILES string of the molecule is CCCC1OC1S. The molecule has 1 aliphatic rings. The Kier molecular flexibility index (Phi) is 1.60. The summed E-state index contributed by atoms with van der Waals surface area (Å²) in [5.41, 5.74) is 0.264. The van der Waals surface area contributed by atoms with Crippen molar-refractivity contribution in [2.24, 2.45) is 0 Å². The summed E-state index contributed by atoms with van der Waals surface area (Å²) in [7, 11) is 0. The van der Waals surface area contributed by atoms with Crippen LogP contribution in [0.15, 0.2) is 0 Å². The minimum atomic E-state index is 0.264. The fourth-order valence-corrected chi connectivity index (χ4v) is 0.934. The maximum Gasteiger partial charge on any atom is 0.127 e. The second-order valence-corrected chi connectivity index (χ2v) is 2.36. The molecule has 0 spiro atoms. The molecule has 1 heterocycles. The minimum Gasteiger partial charge on any atom is -0.358 e. The van der Waals surface area contributed by atoms with E-state index in [0.717, 1.165) is 0 Å². The third-order valence-electron chi connectivity index (χ3n) is 1.13. The first-order valence-electron chi connectivity index (χ1n) is 2.68. The highest BCUT2D eigenvalue weighted by Gasteiger charge is 2.33. The summed E-state index contributed by atoms with van der Waals surface area (Å²) < 4.78 is 5.02. The van der Waals surface area contributed by atoms with Gasteiger partial charge in [0.1, 0.15) is 5.44 Å². The van der Waals surface area contributed by atoms with Gasteiger partial charge in [-0.2, -0.15) is 0 Å². The molecule has 42 valence electrons. The normalized spacial score (nSPS) is 38.6. The molecule has 2 heteroatoms. The Labute approximate surface area is 49.5 Å². The molecular weight excluding hydrogens is 108 g/mol. The van der Waals surface area contributed by atoms with E-state index in [1.54, 1.807) is 0 Å². The summed E-state index contributed by atoms with van der Waals surface area (Å²) >= 11 is 4.08. The molecule has 1 rings (SSSR count). The van der Waals surface area contributed by atoms with Crippen LogP contribution in [0, 0.1) is 0 Å². The van der Waals surface area contributed by atoms with Crippen molar-refractivity contribution in [1.82, 2.24) is 0 Å². The second kappa shape index (κ2) is 2.05. The Balaban J connectivity index is 1.98. The van der Waals surface area contributed by atoms with Crippen molar-refractivity contribution in [3.05, 3.63) is 0 Å². The second-order valence-electron chi connectivity index (χ2n) is 1.85. The zero-order valence-electron chi connectivity index (χ0n) is 4.42. The third kappa shape index (κ3) is 1.35. The first-order chi connectivity index (χ1) is 3.34. The fraction of sp³-hybridized carbons (Fsp3) is 1.00. The maximum absolute atomic E-state index is 5.02. The number of hydrogen-bond acceptors (Lipinski definition) is 2. The van der Waals surface area contributed by atoms with Gasteiger partial charge in [-0.05, 0) is 6.42 Å². The molecule has 7 heavy (non-hydrogen) atoms. The Bertz CT molecular complexity index is 65.1. The molecule has 2 atom stereocenters. The summed E-state index contributed by atoms with van der Waals surface area (Å²) in [4.78, 5) is 0. The lowest BCUT2D eigenvalue weighted by molar-refractivity contribution is 0.388. The van der Waals surface area contributed by atoms with Gasteiger partial charge in [0.15, 0.2) is 0 Å². The molecule has 0 aromatic carbocycles.